The lowest BCUT2D eigenvalue weighted by Gasteiger charge is -2.16. The van der Waals surface area contributed by atoms with Gasteiger partial charge in [0.2, 0.25) is 0 Å². The number of likely N-dealkylation sites (tertiary alicyclic amines) is 1. The van der Waals surface area contributed by atoms with Crippen LogP contribution in [0.5, 0.6) is 17.2 Å². The third kappa shape index (κ3) is 5.15. The summed E-state index contributed by atoms with van der Waals surface area (Å²) in [6.45, 7) is 6.39. The molecule has 130 valence electrons. The molecule has 1 saturated heterocycles. The Morgan fingerprint density at radius 3 is 2.21 bits per heavy atom. The summed E-state index contributed by atoms with van der Waals surface area (Å²) < 4.78 is 12.0. The van der Waals surface area contributed by atoms with Crippen LogP contribution in [0.25, 0.3) is 0 Å². The molecule has 0 atom stereocenters. The van der Waals surface area contributed by atoms with Crippen molar-refractivity contribution >= 4 is 12.4 Å². The first kappa shape index (κ1) is 18.6. The molecule has 2 aromatic carbocycles. The first-order valence-electron chi connectivity index (χ1n) is 8.50. The van der Waals surface area contributed by atoms with Crippen LogP contribution >= 0.6 is 12.4 Å². The van der Waals surface area contributed by atoms with Gasteiger partial charge in [0.1, 0.15) is 5.75 Å². The Balaban J connectivity index is 0.00000208. The summed E-state index contributed by atoms with van der Waals surface area (Å²) in [7, 11) is 0. The van der Waals surface area contributed by atoms with E-state index in [0.29, 0.717) is 0 Å². The molecule has 3 nitrogen and oxygen atoms in total. The zero-order chi connectivity index (χ0) is 15.9. The maximum atomic E-state index is 6.04. The normalized spacial score (nSPS) is 14.2. The van der Waals surface area contributed by atoms with Crippen molar-refractivity contribution in [3.05, 3.63) is 54.1 Å². The molecular formula is C20H26ClNO2. The molecule has 0 spiro atoms. The molecule has 0 radical (unpaired) electrons. The Kier molecular flexibility index (Phi) is 7.41. The Morgan fingerprint density at radius 1 is 0.875 bits per heavy atom. The largest absolute Gasteiger partial charge is 0.490 e. The van der Waals surface area contributed by atoms with Crippen LogP contribution in [-0.4, -0.2) is 31.1 Å². The van der Waals surface area contributed by atoms with Crippen molar-refractivity contribution in [3.63, 3.8) is 0 Å². The minimum Gasteiger partial charge on any atom is -0.490 e. The summed E-state index contributed by atoms with van der Waals surface area (Å²) in [5.41, 5.74) is 1.12. The van der Waals surface area contributed by atoms with Gasteiger partial charge in [-0.05, 0) is 63.0 Å². The highest BCUT2D eigenvalue weighted by Crippen LogP contribution is 2.32. The van der Waals surface area contributed by atoms with Gasteiger partial charge in [-0.1, -0.05) is 30.3 Å². The van der Waals surface area contributed by atoms with E-state index in [1.54, 1.807) is 0 Å². The van der Waals surface area contributed by atoms with Gasteiger partial charge < -0.3 is 14.4 Å². The number of rotatable bonds is 7. The summed E-state index contributed by atoms with van der Waals surface area (Å²) in [6.07, 6.45) is 3.74. The maximum absolute atomic E-state index is 6.04. The predicted molar refractivity (Wildman–Crippen MR) is 101 cm³/mol. The molecule has 24 heavy (non-hydrogen) atoms. The molecule has 1 aliphatic heterocycles. The van der Waals surface area contributed by atoms with E-state index in [4.69, 9.17) is 9.47 Å². The number of halogens is 1. The Hall–Kier alpha value is -1.71. The van der Waals surface area contributed by atoms with Gasteiger partial charge >= 0.3 is 0 Å². The molecule has 4 heteroatoms. The van der Waals surface area contributed by atoms with E-state index >= 15 is 0 Å². The highest BCUT2D eigenvalue weighted by Gasteiger charge is 2.11. The molecular weight excluding hydrogens is 322 g/mol. The average Bonchev–Trinajstić information content (AvgIpc) is 3.08. The number of nitrogens with zero attached hydrogens (tertiary/aromatic N) is 1. The molecule has 0 amide bonds. The van der Waals surface area contributed by atoms with Gasteiger partial charge in [0.25, 0.3) is 0 Å². The summed E-state index contributed by atoms with van der Waals surface area (Å²) in [5, 5.41) is 0. The quantitative estimate of drug-likeness (QED) is 0.652. The van der Waals surface area contributed by atoms with E-state index in [9.17, 15) is 0 Å². The zero-order valence-electron chi connectivity index (χ0n) is 14.2. The van der Waals surface area contributed by atoms with E-state index in [1.807, 2.05) is 42.5 Å². The molecule has 0 aromatic heterocycles. The van der Waals surface area contributed by atoms with Crippen LogP contribution < -0.4 is 9.47 Å². The first-order valence-corrected chi connectivity index (χ1v) is 8.50. The molecule has 2 aromatic rings. The van der Waals surface area contributed by atoms with Gasteiger partial charge in [-0.25, -0.2) is 0 Å². The number of aryl methyl sites for hydroxylation is 1. The predicted octanol–water partition coefficient (Wildman–Crippen LogP) is 5.07. The van der Waals surface area contributed by atoms with Crippen molar-refractivity contribution < 1.29 is 9.47 Å². The lowest BCUT2D eigenvalue weighted by atomic mass is 10.2. The fourth-order valence-electron chi connectivity index (χ4n) is 2.92. The number of hydrogen-bond donors (Lipinski definition) is 0. The van der Waals surface area contributed by atoms with Gasteiger partial charge in [-0.15, -0.1) is 12.4 Å². The first-order chi connectivity index (χ1) is 11.3. The van der Waals surface area contributed by atoms with Crippen LogP contribution in [-0.2, 0) is 0 Å². The van der Waals surface area contributed by atoms with Gasteiger partial charge in [-0.2, -0.15) is 0 Å². The SMILES string of the molecule is Cc1ccccc1Oc1ccccc1OCCCN1CCCC1.Cl. The van der Waals surface area contributed by atoms with Crippen molar-refractivity contribution in [1.29, 1.82) is 0 Å². The summed E-state index contributed by atoms with van der Waals surface area (Å²) in [6, 6.07) is 15.9. The molecule has 1 aliphatic rings. The van der Waals surface area contributed by atoms with E-state index in [-0.39, 0.29) is 12.4 Å². The van der Waals surface area contributed by atoms with Crippen LogP contribution in [0.1, 0.15) is 24.8 Å². The third-order valence-electron chi connectivity index (χ3n) is 4.24. The summed E-state index contributed by atoms with van der Waals surface area (Å²) in [4.78, 5) is 2.51. The molecule has 0 N–H and O–H groups in total. The maximum Gasteiger partial charge on any atom is 0.169 e. The van der Waals surface area contributed by atoms with Crippen LogP contribution in [0, 0.1) is 6.92 Å². The molecule has 3 rings (SSSR count). The van der Waals surface area contributed by atoms with Crippen molar-refractivity contribution in [2.45, 2.75) is 26.2 Å². The fourth-order valence-corrected chi connectivity index (χ4v) is 2.92. The molecule has 1 fully saturated rings. The second kappa shape index (κ2) is 9.55. The molecule has 0 aliphatic carbocycles. The van der Waals surface area contributed by atoms with Crippen LogP contribution in [0.15, 0.2) is 48.5 Å². The highest BCUT2D eigenvalue weighted by molar-refractivity contribution is 5.85. The molecule has 0 saturated carbocycles. The lowest BCUT2D eigenvalue weighted by molar-refractivity contribution is 0.257. The van der Waals surface area contributed by atoms with Crippen molar-refractivity contribution in [2.75, 3.05) is 26.2 Å². The lowest BCUT2D eigenvalue weighted by Crippen LogP contribution is -2.21. The van der Waals surface area contributed by atoms with E-state index in [2.05, 4.69) is 17.9 Å². The molecule has 0 unspecified atom stereocenters. The summed E-state index contributed by atoms with van der Waals surface area (Å²) in [5.74, 6) is 2.47. The number of hydrogen-bond acceptors (Lipinski definition) is 3. The topological polar surface area (TPSA) is 21.7 Å². The van der Waals surface area contributed by atoms with Crippen LogP contribution in [0.4, 0.5) is 0 Å². The Labute approximate surface area is 151 Å². The number of para-hydroxylation sites is 3. The van der Waals surface area contributed by atoms with Gasteiger partial charge in [0.15, 0.2) is 11.5 Å². The molecule has 1 heterocycles. The van der Waals surface area contributed by atoms with E-state index in [1.165, 1.54) is 25.9 Å². The van der Waals surface area contributed by atoms with Crippen LogP contribution in [0.2, 0.25) is 0 Å². The monoisotopic (exact) mass is 347 g/mol. The van der Waals surface area contributed by atoms with Crippen molar-refractivity contribution in [3.8, 4) is 17.2 Å². The van der Waals surface area contributed by atoms with Gasteiger partial charge in [0.05, 0.1) is 6.61 Å². The Bertz CT molecular complexity index is 627. The highest BCUT2D eigenvalue weighted by atomic mass is 35.5. The van der Waals surface area contributed by atoms with Crippen molar-refractivity contribution in [1.82, 2.24) is 4.90 Å². The number of ether oxygens (including phenoxy) is 2. The van der Waals surface area contributed by atoms with Crippen LogP contribution in [0.3, 0.4) is 0 Å². The fraction of sp³-hybridized carbons (Fsp3) is 0.400. The minimum absolute atomic E-state index is 0. The van der Waals surface area contributed by atoms with Gasteiger partial charge in [0, 0.05) is 6.54 Å². The Morgan fingerprint density at radius 2 is 1.50 bits per heavy atom. The minimum atomic E-state index is 0. The third-order valence-corrected chi connectivity index (χ3v) is 4.24. The standard InChI is InChI=1S/C20H25NO2.ClH/c1-17-9-2-3-10-18(17)23-20-12-5-4-11-19(20)22-16-8-15-21-13-6-7-14-21;/h2-5,9-12H,6-8,13-16H2,1H3;1H. The number of benzene rings is 2. The van der Waals surface area contributed by atoms with Crippen molar-refractivity contribution in [2.24, 2.45) is 0 Å². The second-order valence-corrected chi connectivity index (χ2v) is 6.07. The molecule has 0 bridgehead atoms. The second-order valence-electron chi connectivity index (χ2n) is 6.07. The average molecular weight is 348 g/mol. The zero-order valence-corrected chi connectivity index (χ0v) is 15.1. The summed E-state index contributed by atoms with van der Waals surface area (Å²) >= 11 is 0. The van der Waals surface area contributed by atoms with E-state index in [0.717, 1.165) is 42.4 Å². The van der Waals surface area contributed by atoms with E-state index < -0.39 is 0 Å². The van der Waals surface area contributed by atoms with Gasteiger partial charge in [-0.3, -0.25) is 0 Å². The smallest absolute Gasteiger partial charge is 0.169 e.